The third-order valence-corrected chi connectivity index (χ3v) is 5.78. The van der Waals surface area contributed by atoms with Crippen LogP contribution in [0.2, 0.25) is 0 Å². The Kier molecular flexibility index (Phi) is 5.55. The number of rotatable bonds is 5. The first kappa shape index (κ1) is 21.7. The van der Waals surface area contributed by atoms with Gasteiger partial charge in [0, 0.05) is 28.9 Å². The number of aryl methyl sites for hydroxylation is 1. The highest BCUT2D eigenvalue weighted by atomic mass is 16.5. The van der Waals surface area contributed by atoms with Gasteiger partial charge < -0.3 is 18.9 Å². The minimum Gasteiger partial charge on any atom is -0.497 e. The van der Waals surface area contributed by atoms with E-state index in [1.807, 2.05) is 37.3 Å². The molecule has 0 saturated heterocycles. The molecule has 6 heteroatoms. The van der Waals surface area contributed by atoms with Gasteiger partial charge in [-0.25, -0.2) is 4.79 Å². The first-order valence-corrected chi connectivity index (χ1v) is 10.5. The smallest absolute Gasteiger partial charge is 0.340 e. The van der Waals surface area contributed by atoms with Gasteiger partial charge in [0.15, 0.2) is 0 Å². The van der Waals surface area contributed by atoms with Gasteiger partial charge >= 0.3 is 5.63 Å². The molecule has 4 aromatic rings. The van der Waals surface area contributed by atoms with E-state index in [-0.39, 0.29) is 17.7 Å². The average Bonchev–Trinajstić information content (AvgIpc) is 3.18. The summed E-state index contributed by atoms with van der Waals surface area (Å²) < 4.78 is 16.4. The first-order valence-electron chi connectivity index (χ1n) is 10.5. The predicted octanol–water partition coefficient (Wildman–Crippen LogP) is 5.01. The molecule has 0 bridgehead atoms. The van der Waals surface area contributed by atoms with Crippen LogP contribution in [0.15, 0.2) is 56.3 Å². The van der Waals surface area contributed by atoms with Crippen LogP contribution in [0.1, 0.15) is 43.0 Å². The predicted molar refractivity (Wildman–Crippen MR) is 124 cm³/mol. The molecule has 0 spiro atoms. The summed E-state index contributed by atoms with van der Waals surface area (Å²) in [5.74, 6) is 0.515. The van der Waals surface area contributed by atoms with Crippen molar-refractivity contribution in [3.63, 3.8) is 0 Å². The lowest BCUT2D eigenvalue weighted by atomic mass is 9.86. The van der Waals surface area contributed by atoms with E-state index in [4.69, 9.17) is 13.6 Å². The third kappa shape index (κ3) is 4.13. The Balaban J connectivity index is 1.62. The zero-order valence-corrected chi connectivity index (χ0v) is 19.0. The summed E-state index contributed by atoms with van der Waals surface area (Å²) in [6, 6.07) is 11.2. The molecular formula is C26H27NO5. The standard InChI is InChI=1S/C26H27NO5/c1-15-18-10-20-21(26(2,3)4)14-31-22(20)12-23(18)32-25(29)19(15)11-24(28)27-13-16-6-8-17(30-5)9-7-16/h6-10,12,14H,11,13H2,1-5H3,(H,27,28). The summed E-state index contributed by atoms with van der Waals surface area (Å²) in [5.41, 5.74) is 3.68. The van der Waals surface area contributed by atoms with Crippen LogP contribution >= 0.6 is 0 Å². The normalized spacial score (nSPS) is 11.8. The number of fused-ring (bicyclic) bond motifs is 2. The Morgan fingerprint density at radius 2 is 1.78 bits per heavy atom. The molecule has 2 aromatic heterocycles. The highest BCUT2D eigenvalue weighted by Crippen LogP contribution is 2.35. The lowest BCUT2D eigenvalue weighted by Crippen LogP contribution is -2.27. The fourth-order valence-corrected chi connectivity index (χ4v) is 3.86. The van der Waals surface area contributed by atoms with E-state index in [2.05, 4.69) is 26.1 Å². The number of hydrogen-bond donors (Lipinski definition) is 1. The van der Waals surface area contributed by atoms with Gasteiger partial charge in [-0.3, -0.25) is 4.79 Å². The maximum Gasteiger partial charge on any atom is 0.340 e. The Bertz CT molecular complexity index is 1350. The molecule has 0 atom stereocenters. The fraction of sp³-hybridized carbons (Fsp3) is 0.308. The van der Waals surface area contributed by atoms with Crippen LogP contribution in [0.25, 0.3) is 21.9 Å². The van der Waals surface area contributed by atoms with Crippen molar-refractivity contribution in [2.75, 3.05) is 7.11 Å². The number of amides is 1. The summed E-state index contributed by atoms with van der Waals surface area (Å²) in [7, 11) is 1.61. The van der Waals surface area contributed by atoms with Gasteiger partial charge in [0.2, 0.25) is 5.91 Å². The van der Waals surface area contributed by atoms with Crippen LogP contribution in [-0.4, -0.2) is 13.0 Å². The molecule has 0 aliphatic heterocycles. The quantitative estimate of drug-likeness (QED) is 0.447. The lowest BCUT2D eigenvalue weighted by molar-refractivity contribution is -0.120. The van der Waals surface area contributed by atoms with E-state index in [9.17, 15) is 9.59 Å². The Hall–Kier alpha value is -3.54. The number of ether oxygens (including phenoxy) is 1. The maximum atomic E-state index is 12.6. The molecule has 1 N–H and O–H groups in total. The highest BCUT2D eigenvalue weighted by Gasteiger charge is 2.22. The van der Waals surface area contributed by atoms with Gasteiger partial charge in [-0.2, -0.15) is 0 Å². The molecule has 2 heterocycles. The molecule has 2 aromatic carbocycles. The summed E-state index contributed by atoms with van der Waals surface area (Å²) in [5, 5.41) is 4.66. The van der Waals surface area contributed by atoms with Crippen LogP contribution in [0.5, 0.6) is 5.75 Å². The molecule has 6 nitrogen and oxygen atoms in total. The van der Waals surface area contributed by atoms with E-state index >= 15 is 0 Å². The van der Waals surface area contributed by atoms with Gasteiger partial charge in [-0.15, -0.1) is 0 Å². The number of methoxy groups -OCH3 is 1. The van der Waals surface area contributed by atoms with Crippen molar-refractivity contribution in [2.24, 2.45) is 0 Å². The van der Waals surface area contributed by atoms with Crippen molar-refractivity contribution < 1.29 is 18.4 Å². The number of benzene rings is 2. The molecule has 0 aliphatic rings. The SMILES string of the molecule is COc1ccc(CNC(=O)Cc2c(C)c3cc4c(C(C)(C)C)coc4cc3oc2=O)cc1. The monoisotopic (exact) mass is 433 g/mol. The molecule has 32 heavy (non-hydrogen) atoms. The molecule has 0 fully saturated rings. The van der Waals surface area contributed by atoms with Gasteiger partial charge in [-0.1, -0.05) is 32.9 Å². The summed E-state index contributed by atoms with van der Waals surface area (Å²) in [4.78, 5) is 25.2. The Labute approximate surface area is 186 Å². The van der Waals surface area contributed by atoms with Crippen molar-refractivity contribution >= 4 is 27.8 Å². The fourth-order valence-electron chi connectivity index (χ4n) is 3.86. The first-order chi connectivity index (χ1) is 15.2. The highest BCUT2D eigenvalue weighted by molar-refractivity contribution is 5.97. The molecule has 0 aliphatic carbocycles. The van der Waals surface area contributed by atoms with Gasteiger partial charge in [0.05, 0.1) is 25.4 Å². The zero-order chi connectivity index (χ0) is 23.0. The molecule has 4 rings (SSSR count). The molecule has 0 unspecified atom stereocenters. The third-order valence-electron chi connectivity index (χ3n) is 5.78. The van der Waals surface area contributed by atoms with Crippen molar-refractivity contribution in [1.82, 2.24) is 5.32 Å². The molecule has 166 valence electrons. The van der Waals surface area contributed by atoms with E-state index in [1.54, 1.807) is 19.4 Å². The Morgan fingerprint density at radius 1 is 1.06 bits per heavy atom. The second-order valence-corrected chi connectivity index (χ2v) is 9.04. The molecular weight excluding hydrogens is 406 g/mol. The van der Waals surface area contributed by atoms with Crippen LogP contribution in [0.4, 0.5) is 0 Å². The van der Waals surface area contributed by atoms with Gasteiger partial charge in [0.25, 0.3) is 0 Å². The Morgan fingerprint density at radius 3 is 2.44 bits per heavy atom. The zero-order valence-electron chi connectivity index (χ0n) is 19.0. The van der Waals surface area contributed by atoms with Crippen molar-refractivity contribution in [3.8, 4) is 5.75 Å². The molecule has 1 amide bonds. The summed E-state index contributed by atoms with van der Waals surface area (Å²) in [6.07, 6.45) is 1.71. The van der Waals surface area contributed by atoms with E-state index in [0.29, 0.717) is 23.3 Å². The number of nitrogens with one attached hydrogen (secondary N) is 1. The number of carbonyl (C=O) groups excluding carboxylic acids is 1. The van der Waals surface area contributed by atoms with Crippen LogP contribution < -0.4 is 15.7 Å². The van der Waals surface area contributed by atoms with Gasteiger partial charge in [0.1, 0.15) is 16.9 Å². The van der Waals surface area contributed by atoms with Crippen molar-refractivity contribution in [2.45, 2.75) is 46.1 Å². The summed E-state index contributed by atoms with van der Waals surface area (Å²) >= 11 is 0. The van der Waals surface area contributed by atoms with Crippen LogP contribution in [0.3, 0.4) is 0 Å². The maximum absolute atomic E-state index is 12.6. The van der Waals surface area contributed by atoms with Crippen LogP contribution in [0, 0.1) is 6.92 Å². The second kappa shape index (κ2) is 8.19. The van der Waals surface area contributed by atoms with E-state index < -0.39 is 5.63 Å². The van der Waals surface area contributed by atoms with E-state index in [1.165, 1.54) is 0 Å². The van der Waals surface area contributed by atoms with Crippen molar-refractivity contribution in [1.29, 1.82) is 0 Å². The number of hydrogen-bond acceptors (Lipinski definition) is 5. The lowest BCUT2D eigenvalue weighted by Gasteiger charge is -2.16. The minimum absolute atomic E-state index is 0.0458. The second-order valence-electron chi connectivity index (χ2n) is 9.04. The van der Waals surface area contributed by atoms with Crippen molar-refractivity contribution in [3.05, 3.63) is 75.3 Å². The van der Waals surface area contributed by atoms with Crippen LogP contribution in [-0.2, 0) is 23.2 Å². The number of furan rings is 1. The molecule has 0 radical (unpaired) electrons. The summed E-state index contributed by atoms with van der Waals surface area (Å²) in [6.45, 7) is 8.59. The molecule has 0 saturated carbocycles. The average molecular weight is 434 g/mol. The number of carbonyl (C=O) groups is 1. The topological polar surface area (TPSA) is 81.7 Å². The van der Waals surface area contributed by atoms with E-state index in [0.717, 1.165) is 33.2 Å². The largest absolute Gasteiger partial charge is 0.497 e. The minimum atomic E-state index is -0.503. The van der Waals surface area contributed by atoms with Gasteiger partial charge in [-0.05, 0) is 41.7 Å².